The summed E-state index contributed by atoms with van der Waals surface area (Å²) in [6, 6.07) is 28.7. The third-order valence-electron chi connectivity index (χ3n) is 6.28. The molecule has 0 radical (unpaired) electrons. The van der Waals surface area contributed by atoms with E-state index in [9.17, 15) is 0 Å². The molecular formula is C30H26O4. The van der Waals surface area contributed by atoms with Gasteiger partial charge in [-0.3, -0.25) is 0 Å². The highest BCUT2D eigenvalue weighted by atomic mass is 16.5. The van der Waals surface area contributed by atoms with Gasteiger partial charge in [-0.05, 0) is 57.9 Å². The van der Waals surface area contributed by atoms with E-state index in [1.54, 1.807) is 28.4 Å². The minimum Gasteiger partial charge on any atom is -0.497 e. The first-order valence-electron chi connectivity index (χ1n) is 11.1. The third-order valence-corrected chi connectivity index (χ3v) is 6.28. The molecule has 34 heavy (non-hydrogen) atoms. The zero-order valence-corrected chi connectivity index (χ0v) is 19.7. The number of rotatable bonds is 6. The van der Waals surface area contributed by atoms with Crippen molar-refractivity contribution in [1.82, 2.24) is 0 Å². The Balaban J connectivity index is 1.98. The lowest BCUT2D eigenvalue weighted by molar-refractivity contribution is 0.404. The van der Waals surface area contributed by atoms with Crippen molar-refractivity contribution in [2.75, 3.05) is 28.4 Å². The van der Waals surface area contributed by atoms with E-state index in [0.29, 0.717) is 0 Å². The molecule has 5 aromatic rings. The van der Waals surface area contributed by atoms with Crippen LogP contribution < -0.4 is 18.9 Å². The molecule has 0 aliphatic carbocycles. The fourth-order valence-corrected chi connectivity index (χ4v) is 4.73. The zero-order chi connectivity index (χ0) is 23.7. The lowest BCUT2D eigenvalue weighted by atomic mass is 9.85. The fraction of sp³-hybridized carbons (Fsp3) is 0.133. The van der Waals surface area contributed by atoms with E-state index in [-0.39, 0.29) is 0 Å². The predicted molar refractivity (Wildman–Crippen MR) is 139 cm³/mol. The summed E-state index contributed by atoms with van der Waals surface area (Å²) in [4.78, 5) is 0. The summed E-state index contributed by atoms with van der Waals surface area (Å²) in [5, 5.41) is 4.47. The average molecular weight is 451 g/mol. The van der Waals surface area contributed by atoms with Crippen LogP contribution in [0, 0.1) is 0 Å². The van der Waals surface area contributed by atoms with Crippen LogP contribution in [0.2, 0.25) is 0 Å². The molecule has 0 aromatic heterocycles. The van der Waals surface area contributed by atoms with Gasteiger partial charge in [0.1, 0.15) is 23.0 Å². The lowest BCUT2D eigenvalue weighted by Gasteiger charge is -2.20. The van der Waals surface area contributed by atoms with E-state index in [0.717, 1.165) is 66.8 Å². The normalized spacial score (nSPS) is 10.9. The van der Waals surface area contributed by atoms with Crippen molar-refractivity contribution < 1.29 is 18.9 Å². The number of ether oxygens (including phenoxy) is 4. The van der Waals surface area contributed by atoms with Crippen molar-refractivity contribution in [1.29, 1.82) is 0 Å². The van der Waals surface area contributed by atoms with Crippen LogP contribution >= 0.6 is 0 Å². The summed E-state index contributed by atoms with van der Waals surface area (Å²) in [5.41, 5.74) is 4.18. The van der Waals surface area contributed by atoms with E-state index in [2.05, 4.69) is 48.5 Å². The second-order valence-electron chi connectivity index (χ2n) is 7.97. The molecule has 0 saturated heterocycles. The first-order chi connectivity index (χ1) is 16.7. The van der Waals surface area contributed by atoms with Crippen LogP contribution in [0.4, 0.5) is 0 Å². The molecule has 0 saturated carbocycles. The Kier molecular flexibility index (Phi) is 5.72. The van der Waals surface area contributed by atoms with Gasteiger partial charge in [0.25, 0.3) is 0 Å². The summed E-state index contributed by atoms with van der Waals surface area (Å²) < 4.78 is 22.7. The Morgan fingerprint density at radius 3 is 1.06 bits per heavy atom. The van der Waals surface area contributed by atoms with Gasteiger partial charge in [-0.2, -0.15) is 0 Å². The molecule has 5 aromatic carbocycles. The van der Waals surface area contributed by atoms with Crippen molar-refractivity contribution in [3.05, 3.63) is 84.9 Å². The molecule has 0 bridgehead atoms. The van der Waals surface area contributed by atoms with Crippen LogP contribution in [-0.4, -0.2) is 28.4 Å². The van der Waals surface area contributed by atoms with E-state index in [1.165, 1.54) is 0 Å². The maximum Gasteiger partial charge on any atom is 0.126 e. The largest absolute Gasteiger partial charge is 0.497 e. The van der Waals surface area contributed by atoms with Crippen LogP contribution in [0.1, 0.15) is 0 Å². The second-order valence-corrected chi connectivity index (χ2v) is 7.97. The highest BCUT2D eigenvalue weighted by molar-refractivity contribution is 6.22. The van der Waals surface area contributed by atoms with E-state index < -0.39 is 0 Å². The van der Waals surface area contributed by atoms with Crippen molar-refractivity contribution >= 4 is 21.5 Å². The molecule has 0 amide bonds. The fourth-order valence-electron chi connectivity index (χ4n) is 4.73. The molecule has 170 valence electrons. The van der Waals surface area contributed by atoms with Gasteiger partial charge in [0.05, 0.1) is 28.4 Å². The van der Waals surface area contributed by atoms with Gasteiger partial charge >= 0.3 is 0 Å². The standard InChI is InChI=1S/C30H26O4/c1-31-19-13-15-27(33-3)25(17-19)29-21-9-5-7-11-23(21)30(24-12-8-6-10-22(24)29)26-18-20(32-2)14-16-28(26)34-4/h5-18H,1-4H3. The molecule has 5 rings (SSSR count). The molecule has 0 aliphatic rings. The van der Waals surface area contributed by atoms with Crippen molar-refractivity contribution in [3.8, 4) is 45.3 Å². The minimum absolute atomic E-state index is 0.780. The smallest absolute Gasteiger partial charge is 0.126 e. The molecular weight excluding hydrogens is 424 g/mol. The van der Waals surface area contributed by atoms with Gasteiger partial charge in [-0.25, -0.2) is 0 Å². The molecule has 4 heteroatoms. The molecule has 0 atom stereocenters. The molecule has 0 aliphatic heterocycles. The Morgan fingerprint density at radius 2 is 0.765 bits per heavy atom. The number of hydrogen-bond donors (Lipinski definition) is 0. The van der Waals surface area contributed by atoms with E-state index in [1.807, 2.05) is 36.4 Å². The summed E-state index contributed by atoms with van der Waals surface area (Å²) in [6.07, 6.45) is 0. The quantitative estimate of drug-likeness (QED) is 0.253. The summed E-state index contributed by atoms with van der Waals surface area (Å²) >= 11 is 0. The topological polar surface area (TPSA) is 36.9 Å². The third kappa shape index (κ3) is 3.48. The second kappa shape index (κ2) is 8.99. The molecule has 0 spiro atoms. The number of hydrogen-bond acceptors (Lipinski definition) is 4. The monoisotopic (exact) mass is 450 g/mol. The van der Waals surface area contributed by atoms with Crippen molar-refractivity contribution in [3.63, 3.8) is 0 Å². The molecule has 0 heterocycles. The minimum atomic E-state index is 0.780. The maximum atomic E-state index is 5.79. The lowest BCUT2D eigenvalue weighted by Crippen LogP contribution is -1.96. The van der Waals surface area contributed by atoms with Crippen LogP contribution in [0.25, 0.3) is 43.8 Å². The first kappa shape index (κ1) is 21.7. The van der Waals surface area contributed by atoms with Gasteiger partial charge < -0.3 is 18.9 Å². The Hall–Kier alpha value is -4.18. The highest BCUT2D eigenvalue weighted by Gasteiger charge is 2.21. The Morgan fingerprint density at radius 1 is 0.412 bits per heavy atom. The van der Waals surface area contributed by atoms with Crippen LogP contribution in [0.3, 0.4) is 0 Å². The van der Waals surface area contributed by atoms with Crippen LogP contribution in [0.15, 0.2) is 84.9 Å². The molecule has 0 unspecified atom stereocenters. The summed E-state index contributed by atoms with van der Waals surface area (Å²) in [6.45, 7) is 0. The van der Waals surface area contributed by atoms with Gasteiger partial charge in [-0.1, -0.05) is 48.5 Å². The summed E-state index contributed by atoms with van der Waals surface area (Å²) in [7, 11) is 6.76. The van der Waals surface area contributed by atoms with Gasteiger partial charge in [0.15, 0.2) is 0 Å². The van der Waals surface area contributed by atoms with E-state index in [4.69, 9.17) is 18.9 Å². The number of benzene rings is 5. The van der Waals surface area contributed by atoms with E-state index >= 15 is 0 Å². The average Bonchev–Trinajstić information content (AvgIpc) is 2.90. The number of methoxy groups -OCH3 is 4. The molecule has 0 fully saturated rings. The predicted octanol–water partition coefficient (Wildman–Crippen LogP) is 7.36. The van der Waals surface area contributed by atoms with Crippen LogP contribution in [-0.2, 0) is 0 Å². The Bertz CT molecular complexity index is 1330. The van der Waals surface area contributed by atoms with Gasteiger partial charge in [-0.15, -0.1) is 0 Å². The first-order valence-corrected chi connectivity index (χ1v) is 11.1. The molecule has 4 nitrogen and oxygen atoms in total. The van der Waals surface area contributed by atoms with Crippen LogP contribution in [0.5, 0.6) is 23.0 Å². The molecule has 0 N–H and O–H groups in total. The van der Waals surface area contributed by atoms with Gasteiger partial charge in [0, 0.05) is 22.3 Å². The van der Waals surface area contributed by atoms with Gasteiger partial charge in [0.2, 0.25) is 0 Å². The number of fused-ring (bicyclic) bond motifs is 2. The van der Waals surface area contributed by atoms with Crippen molar-refractivity contribution in [2.24, 2.45) is 0 Å². The maximum absolute atomic E-state index is 5.79. The summed E-state index contributed by atoms with van der Waals surface area (Å²) in [5.74, 6) is 3.15. The SMILES string of the molecule is COc1ccc(OC)c(-c2c3ccccc3c(-c3cc(OC)ccc3OC)c3ccccc23)c1. The van der Waals surface area contributed by atoms with Crippen molar-refractivity contribution in [2.45, 2.75) is 0 Å². The highest BCUT2D eigenvalue weighted by Crippen LogP contribution is 2.48. The Labute approximate surface area is 199 Å². The zero-order valence-electron chi connectivity index (χ0n) is 19.7.